The molecule has 1 aromatic rings. The molecule has 1 saturated heterocycles. The highest BCUT2D eigenvalue weighted by atomic mass is 16.3. The predicted octanol–water partition coefficient (Wildman–Crippen LogP) is 1.27. The average Bonchev–Trinajstić information content (AvgIpc) is 3.26. The number of rotatable bonds is 3. The van der Waals surface area contributed by atoms with Gasteiger partial charge in [0.05, 0.1) is 5.56 Å². The molecule has 5 nitrogen and oxygen atoms in total. The third kappa shape index (κ3) is 2.72. The number of phenols is 2. The van der Waals surface area contributed by atoms with Gasteiger partial charge >= 0.3 is 0 Å². The quantitative estimate of drug-likeness (QED) is 0.816. The van der Waals surface area contributed by atoms with Crippen molar-refractivity contribution in [3.05, 3.63) is 23.8 Å². The number of phenolic OH excluding ortho intramolecular Hbond substituents is 2. The van der Waals surface area contributed by atoms with E-state index in [-0.39, 0.29) is 23.0 Å². The molecule has 5 heteroatoms. The number of carbonyl (C=O) groups excluding carboxylic acids is 1. The predicted molar refractivity (Wildman–Crippen MR) is 74.8 cm³/mol. The Balaban J connectivity index is 1.62. The van der Waals surface area contributed by atoms with Crippen LogP contribution in [-0.4, -0.2) is 58.6 Å². The maximum Gasteiger partial charge on any atom is 0.257 e. The average molecular weight is 276 g/mol. The van der Waals surface area contributed by atoms with Gasteiger partial charge in [-0.05, 0) is 30.9 Å². The highest BCUT2D eigenvalue weighted by Gasteiger charge is 2.28. The molecule has 0 radical (unpaired) electrons. The van der Waals surface area contributed by atoms with Crippen LogP contribution in [0.3, 0.4) is 0 Å². The second kappa shape index (κ2) is 5.32. The Morgan fingerprint density at radius 3 is 2.50 bits per heavy atom. The Hall–Kier alpha value is -1.75. The van der Waals surface area contributed by atoms with E-state index in [0.29, 0.717) is 13.1 Å². The topological polar surface area (TPSA) is 64.0 Å². The molecule has 2 fully saturated rings. The van der Waals surface area contributed by atoms with E-state index in [1.54, 1.807) is 17.0 Å². The van der Waals surface area contributed by atoms with Gasteiger partial charge < -0.3 is 15.1 Å². The molecule has 108 valence electrons. The molecule has 0 unspecified atom stereocenters. The number of benzene rings is 1. The van der Waals surface area contributed by atoms with E-state index in [1.165, 1.54) is 18.9 Å². The van der Waals surface area contributed by atoms with Crippen molar-refractivity contribution >= 4 is 5.91 Å². The first-order chi connectivity index (χ1) is 9.65. The van der Waals surface area contributed by atoms with Crippen molar-refractivity contribution in [1.82, 2.24) is 9.80 Å². The van der Waals surface area contributed by atoms with Gasteiger partial charge in [0, 0.05) is 32.7 Å². The van der Waals surface area contributed by atoms with Crippen molar-refractivity contribution in [3.8, 4) is 11.5 Å². The maximum atomic E-state index is 12.4. The zero-order valence-corrected chi connectivity index (χ0v) is 11.5. The Morgan fingerprint density at radius 2 is 1.85 bits per heavy atom. The standard InChI is InChI=1S/C15H20N2O3/c18-13-3-1-2-12(14(13)19)15(20)17-8-6-16(7-9-17)10-11-4-5-11/h1-3,11,18-19H,4-10H2. The molecule has 2 aliphatic rings. The first-order valence-corrected chi connectivity index (χ1v) is 7.17. The highest BCUT2D eigenvalue weighted by Crippen LogP contribution is 2.31. The third-order valence-electron chi connectivity index (χ3n) is 4.12. The van der Waals surface area contributed by atoms with Gasteiger partial charge in [-0.15, -0.1) is 0 Å². The third-order valence-corrected chi connectivity index (χ3v) is 4.12. The number of amides is 1. The number of aromatic hydroxyl groups is 2. The van der Waals surface area contributed by atoms with Crippen LogP contribution in [-0.2, 0) is 0 Å². The summed E-state index contributed by atoms with van der Waals surface area (Å²) in [7, 11) is 0. The van der Waals surface area contributed by atoms with Crippen LogP contribution >= 0.6 is 0 Å². The van der Waals surface area contributed by atoms with Crippen molar-refractivity contribution in [2.45, 2.75) is 12.8 Å². The smallest absolute Gasteiger partial charge is 0.257 e. The minimum Gasteiger partial charge on any atom is -0.504 e. The Bertz CT molecular complexity index is 506. The molecule has 1 heterocycles. The molecule has 0 atom stereocenters. The molecule has 1 saturated carbocycles. The molecule has 2 N–H and O–H groups in total. The van der Waals surface area contributed by atoms with Gasteiger partial charge in [-0.1, -0.05) is 6.07 Å². The zero-order chi connectivity index (χ0) is 14.1. The van der Waals surface area contributed by atoms with Crippen LogP contribution in [0.15, 0.2) is 18.2 Å². The summed E-state index contributed by atoms with van der Waals surface area (Å²) in [6.45, 7) is 4.30. The monoisotopic (exact) mass is 276 g/mol. The second-order valence-corrected chi connectivity index (χ2v) is 5.71. The molecular weight excluding hydrogens is 256 g/mol. The summed E-state index contributed by atoms with van der Waals surface area (Å²) in [5.41, 5.74) is 0.181. The minimum atomic E-state index is -0.321. The number of hydrogen-bond acceptors (Lipinski definition) is 4. The lowest BCUT2D eigenvalue weighted by atomic mass is 10.1. The van der Waals surface area contributed by atoms with E-state index in [1.807, 2.05) is 0 Å². The van der Waals surface area contributed by atoms with Gasteiger partial charge in [0.25, 0.3) is 5.91 Å². The summed E-state index contributed by atoms with van der Waals surface area (Å²) in [6.07, 6.45) is 2.69. The lowest BCUT2D eigenvalue weighted by molar-refractivity contribution is 0.0628. The minimum absolute atomic E-state index is 0.181. The molecule has 3 rings (SSSR count). The summed E-state index contributed by atoms with van der Waals surface area (Å²) < 4.78 is 0. The van der Waals surface area contributed by atoms with E-state index in [4.69, 9.17) is 0 Å². The number of hydrogen-bond donors (Lipinski definition) is 2. The summed E-state index contributed by atoms with van der Waals surface area (Å²) in [5.74, 6) is 0.0953. The highest BCUT2D eigenvalue weighted by molar-refractivity contribution is 5.97. The van der Waals surface area contributed by atoms with Gasteiger partial charge in [0.2, 0.25) is 0 Å². The van der Waals surface area contributed by atoms with Crippen LogP contribution in [0.4, 0.5) is 0 Å². The van der Waals surface area contributed by atoms with E-state index < -0.39 is 0 Å². The van der Waals surface area contributed by atoms with Gasteiger partial charge in [-0.25, -0.2) is 0 Å². The van der Waals surface area contributed by atoms with Crippen molar-refractivity contribution in [1.29, 1.82) is 0 Å². The number of para-hydroxylation sites is 1. The Kier molecular flexibility index (Phi) is 3.53. The van der Waals surface area contributed by atoms with Crippen molar-refractivity contribution in [3.63, 3.8) is 0 Å². The Morgan fingerprint density at radius 1 is 1.15 bits per heavy atom. The normalized spacial score (nSPS) is 20.1. The largest absolute Gasteiger partial charge is 0.504 e. The molecule has 0 aromatic heterocycles. The Labute approximate surface area is 118 Å². The number of carbonyl (C=O) groups is 1. The van der Waals surface area contributed by atoms with Crippen LogP contribution in [0.5, 0.6) is 11.5 Å². The summed E-state index contributed by atoms with van der Waals surface area (Å²) in [5, 5.41) is 19.2. The molecule has 1 aliphatic heterocycles. The van der Waals surface area contributed by atoms with Crippen molar-refractivity contribution in [2.75, 3.05) is 32.7 Å². The molecular formula is C15H20N2O3. The van der Waals surface area contributed by atoms with Crippen LogP contribution in [0.1, 0.15) is 23.2 Å². The van der Waals surface area contributed by atoms with Gasteiger partial charge in [-0.2, -0.15) is 0 Å². The van der Waals surface area contributed by atoms with Crippen LogP contribution in [0, 0.1) is 5.92 Å². The number of nitrogens with zero attached hydrogens (tertiary/aromatic N) is 2. The van der Waals surface area contributed by atoms with Gasteiger partial charge in [0.1, 0.15) is 0 Å². The molecule has 0 spiro atoms. The van der Waals surface area contributed by atoms with E-state index in [2.05, 4.69) is 4.90 Å². The van der Waals surface area contributed by atoms with Crippen LogP contribution < -0.4 is 0 Å². The zero-order valence-electron chi connectivity index (χ0n) is 11.5. The molecule has 1 amide bonds. The fourth-order valence-electron chi connectivity index (χ4n) is 2.67. The first-order valence-electron chi connectivity index (χ1n) is 7.17. The first kappa shape index (κ1) is 13.2. The van der Waals surface area contributed by atoms with Crippen LogP contribution in [0.25, 0.3) is 0 Å². The molecule has 0 bridgehead atoms. The lowest BCUT2D eigenvalue weighted by Gasteiger charge is -2.34. The molecule has 1 aromatic carbocycles. The van der Waals surface area contributed by atoms with Crippen LogP contribution in [0.2, 0.25) is 0 Å². The summed E-state index contributed by atoms with van der Waals surface area (Å²) >= 11 is 0. The SMILES string of the molecule is O=C(c1cccc(O)c1O)N1CCN(CC2CC2)CC1. The maximum absolute atomic E-state index is 12.4. The van der Waals surface area contributed by atoms with Gasteiger partial charge in [-0.3, -0.25) is 9.69 Å². The van der Waals surface area contributed by atoms with E-state index >= 15 is 0 Å². The molecule has 1 aliphatic carbocycles. The van der Waals surface area contributed by atoms with Gasteiger partial charge in [0.15, 0.2) is 11.5 Å². The fourth-order valence-corrected chi connectivity index (χ4v) is 2.67. The van der Waals surface area contributed by atoms with Crippen molar-refractivity contribution in [2.24, 2.45) is 5.92 Å². The van der Waals surface area contributed by atoms with E-state index in [9.17, 15) is 15.0 Å². The summed E-state index contributed by atoms with van der Waals surface area (Å²) in [4.78, 5) is 16.5. The summed E-state index contributed by atoms with van der Waals surface area (Å²) in [6, 6.07) is 4.50. The molecule has 20 heavy (non-hydrogen) atoms. The second-order valence-electron chi connectivity index (χ2n) is 5.71. The van der Waals surface area contributed by atoms with E-state index in [0.717, 1.165) is 25.6 Å². The lowest BCUT2D eigenvalue weighted by Crippen LogP contribution is -2.49. The van der Waals surface area contributed by atoms with Crippen molar-refractivity contribution < 1.29 is 15.0 Å². The fraction of sp³-hybridized carbons (Fsp3) is 0.533. The number of piperazine rings is 1.